The Bertz CT molecular complexity index is 697. The summed E-state index contributed by atoms with van der Waals surface area (Å²) in [5.74, 6) is -0.245. The minimum Gasteiger partial charge on any atom is -0.463 e. The van der Waals surface area contributed by atoms with Gasteiger partial charge in [0, 0.05) is 17.6 Å². The summed E-state index contributed by atoms with van der Waals surface area (Å²) in [6, 6.07) is 16.9. The summed E-state index contributed by atoms with van der Waals surface area (Å²) >= 11 is 0. The van der Waals surface area contributed by atoms with E-state index >= 15 is 0 Å². The van der Waals surface area contributed by atoms with Crippen molar-refractivity contribution in [2.45, 2.75) is 20.3 Å². The molecule has 0 bridgehead atoms. The first-order valence-corrected chi connectivity index (χ1v) is 7.62. The van der Waals surface area contributed by atoms with Gasteiger partial charge in [-0.15, -0.1) is 0 Å². The van der Waals surface area contributed by atoms with Crippen molar-refractivity contribution in [3.63, 3.8) is 0 Å². The first kappa shape index (κ1) is 16.7. The Labute approximate surface area is 136 Å². The van der Waals surface area contributed by atoms with Crippen LogP contribution in [0.1, 0.15) is 35.3 Å². The molecule has 0 aliphatic carbocycles. The van der Waals surface area contributed by atoms with Gasteiger partial charge >= 0.3 is 5.97 Å². The van der Waals surface area contributed by atoms with E-state index in [1.165, 1.54) is 0 Å². The fourth-order valence-electron chi connectivity index (χ4n) is 2.20. The molecule has 2 aromatic rings. The van der Waals surface area contributed by atoms with Crippen molar-refractivity contribution in [2.75, 3.05) is 6.61 Å². The molecule has 3 heteroatoms. The van der Waals surface area contributed by atoms with E-state index in [9.17, 15) is 9.59 Å². The zero-order valence-corrected chi connectivity index (χ0v) is 13.4. The first-order valence-electron chi connectivity index (χ1n) is 7.62. The van der Waals surface area contributed by atoms with Gasteiger partial charge in [-0.1, -0.05) is 54.6 Å². The largest absolute Gasteiger partial charge is 0.463 e. The van der Waals surface area contributed by atoms with Crippen LogP contribution in [0.15, 0.2) is 60.2 Å². The summed E-state index contributed by atoms with van der Waals surface area (Å²) in [6.45, 7) is 3.85. The molecule has 0 atom stereocenters. The predicted molar refractivity (Wildman–Crippen MR) is 91.2 cm³/mol. The summed E-state index contributed by atoms with van der Waals surface area (Å²) in [5.41, 5.74) is 3.07. The van der Waals surface area contributed by atoms with E-state index in [0.717, 1.165) is 11.1 Å². The third-order valence-electron chi connectivity index (χ3n) is 3.42. The highest BCUT2D eigenvalue weighted by Gasteiger charge is 2.08. The molecule has 2 aromatic carbocycles. The Morgan fingerprint density at radius 2 is 1.65 bits per heavy atom. The Kier molecular flexibility index (Phi) is 5.87. The van der Waals surface area contributed by atoms with Gasteiger partial charge in [-0.3, -0.25) is 4.79 Å². The highest BCUT2D eigenvalue weighted by molar-refractivity contribution is 5.98. The van der Waals surface area contributed by atoms with Gasteiger partial charge in [-0.05, 0) is 31.1 Å². The lowest BCUT2D eigenvalue weighted by Gasteiger charge is -2.04. The average molecular weight is 308 g/mol. The van der Waals surface area contributed by atoms with Crippen LogP contribution in [0, 0.1) is 0 Å². The summed E-state index contributed by atoms with van der Waals surface area (Å²) in [5, 5.41) is 0. The van der Waals surface area contributed by atoms with E-state index in [1.54, 1.807) is 32.1 Å². The molecule has 0 heterocycles. The summed E-state index contributed by atoms with van der Waals surface area (Å²) in [7, 11) is 0. The van der Waals surface area contributed by atoms with Crippen LogP contribution in [0.25, 0.3) is 6.08 Å². The molecule has 2 rings (SSSR count). The third-order valence-corrected chi connectivity index (χ3v) is 3.42. The van der Waals surface area contributed by atoms with Crippen molar-refractivity contribution in [1.29, 1.82) is 0 Å². The minimum atomic E-state index is -0.322. The van der Waals surface area contributed by atoms with Gasteiger partial charge < -0.3 is 4.74 Å². The Morgan fingerprint density at radius 3 is 2.26 bits per heavy atom. The molecular weight excluding hydrogens is 288 g/mol. The number of esters is 1. The van der Waals surface area contributed by atoms with Crippen LogP contribution in [-0.4, -0.2) is 18.4 Å². The van der Waals surface area contributed by atoms with Gasteiger partial charge in [-0.2, -0.15) is 0 Å². The van der Waals surface area contributed by atoms with Crippen molar-refractivity contribution < 1.29 is 14.3 Å². The van der Waals surface area contributed by atoms with Gasteiger partial charge in [0.25, 0.3) is 0 Å². The standard InChI is InChI=1S/C20H20O3/c1-3-23-20(22)15(2)13-17-9-11-18(12-10-17)19(21)14-16-7-5-4-6-8-16/h4-13H,3,14H2,1-2H3. The quantitative estimate of drug-likeness (QED) is 0.459. The Balaban J connectivity index is 2.06. The first-order chi connectivity index (χ1) is 11.1. The topological polar surface area (TPSA) is 43.4 Å². The molecule has 0 spiro atoms. The molecule has 0 amide bonds. The second-order valence-corrected chi connectivity index (χ2v) is 5.26. The Morgan fingerprint density at radius 1 is 1.00 bits per heavy atom. The molecule has 0 aromatic heterocycles. The zero-order valence-electron chi connectivity index (χ0n) is 13.4. The van der Waals surface area contributed by atoms with Crippen LogP contribution in [-0.2, 0) is 16.0 Å². The van der Waals surface area contributed by atoms with Gasteiger partial charge in [-0.25, -0.2) is 4.79 Å². The van der Waals surface area contributed by atoms with Crippen LogP contribution >= 0.6 is 0 Å². The molecule has 3 nitrogen and oxygen atoms in total. The molecule has 118 valence electrons. The van der Waals surface area contributed by atoms with E-state index in [2.05, 4.69) is 0 Å². The molecule has 0 aliphatic heterocycles. The highest BCUT2D eigenvalue weighted by Crippen LogP contribution is 2.12. The van der Waals surface area contributed by atoms with Crippen molar-refractivity contribution in [1.82, 2.24) is 0 Å². The van der Waals surface area contributed by atoms with E-state index in [1.807, 2.05) is 42.5 Å². The molecule has 0 N–H and O–H groups in total. The molecule has 0 saturated heterocycles. The number of hydrogen-bond donors (Lipinski definition) is 0. The molecule has 0 fully saturated rings. The van der Waals surface area contributed by atoms with Crippen LogP contribution in [0.5, 0.6) is 0 Å². The van der Waals surface area contributed by atoms with Crippen molar-refractivity contribution >= 4 is 17.8 Å². The van der Waals surface area contributed by atoms with Gasteiger partial charge in [0.1, 0.15) is 0 Å². The molecule has 0 saturated carbocycles. The third kappa shape index (κ3) is 4.92. The summed E-state index contributed by atoms with van der Waals surface area (Å²) in [6.07, 6.45) is 2.14. The van der Waals surface area contributed by atoms with Crippen LogP contribution in [0.4, 0.5) is 0 Å². The number of rotatable bonds is 6. The number of carbonyl (C=O) groups is 2. The van der Waals surface area contributed by atoms with Crippen LogP contribution in [0.3, 0.4) is 0 Å². The fourth-order valence-corrected chi connectivity index (χ4v) is 2.20. The number of hydrogen-bond acceptors (Lipinski definition) is 3. The van der Waals surface area contributed by atoms with E-state index < -0.39 is 0 Å². The number of ether oxygens (including phenoxy) is 1. The summed E-state index contributed by atoms with van der Waals surface area (Å²) < 4.78 is 4.94. The predicted octanol–water partition coefficient (Wildman–Crippen LogP) is 4.08. The van der Waals surface area contributed by atoms with E-state index in [0.29, 0.717) is 24.2 Å². The molecule has 0 aliphatic rings. The maximum absolute atomic E-state index is 12.3. The number of Topliss-reactive ketones (excluding diaryl/α,β-unsaturated/α-hetero) is 1. The lowest BCUT2D eigenvalue weighted by Crippen LogP contribution is -2.05. The van der Waals surface area contributed by atoms with Crippen molar-refractivity contribution in [2.24, 2.45) is 0 Å². The van der Waals surface area contributed by atoms with E-state index in [4.69, 9.17) is 4.74 Å². The van der Waals surface area contributed by atoms with E-state index in [-0.39, 0.29) is 11.8 Å². The lowest BCUT2D eigenvalue weighted by molar-refractivity contribution is -0.138. The molecule has 0 radical (unpaired) electrons. The number of carbonyl (C=O) groups excluding carboxylic acids is 2. The van der Waals surface area contributed by atoms with Gasteiger partial charge in [0.15, 0.2) is 5.78 Å². The second-order valence-electron chi connectivity index (χ2n) is 5.26. The normalized spacial score (nSPS) is 11.1. The smallest absolute Gasteiger partial charge is 0.333 e. The number of benzene rings is 2. The molecule has 23 heavy (non-hydrogen) atoms. The average Bonchev–Trinajstić information content (AvgIpc) is 2.56. The van der Waals surface area contributed by atoms with Crippen LogP contribution < -0.4 is 0 Å². The van der Waals surface area contributed by atoms with Gasteiger partial charge in [0.05, 0.1) is 6.61 Å². The zero-order chi connectivity index (χ0) is 16.7. The second kappa shape index (κ2) is 8.08. The lowest BCUT2D eigenvalue weighted by atomic mass is 10.0. The van der Waals surface area contributed by atoms with Crippen molar-refractivity contribution in [3.05, 3.63) is 76.9 Å². The minimum absolute atomic E-state index is 0.0776. The Hall–Kier alpha value is -2.68. The van der Waals surface area contributed by atoms with Crippen molar-refractivity contribution in [3.8, 4) is 0 Å². The summed E-state index contributed by atoms with van der Waals surface area (Å²) in [4.78, 5) is 23.8. The fraction of sp³-hybridized carbons (Fsp3) is 0.200. The monoisotopic (exact) mass is 308 g/mol. The SMILES string of the molecule is CCOC(=O)C(C)=Cc1ccc(C(=O)Cc2ccccc2)cc1. The number of ketones is 1. The highest BCUT2D eigenvalue weighted by atomic mass is 16.5. The molecule has 0 unspecified atom stereocenters. The maximum Gasteiger partial charge on any atom is 0.333 e. The van der Waals surface area contributed by atoms with Crippen LogP contribution in [0.2, 0.25) is 0 Å². The maximum atomic E-state index is 12.3. The van der Waals surface area contributed by atoms with Gasteiger partial charge in [0.2, 0.25) is 0 Å². The molecular formula is C20H20O3.